The summed E-state index contributed by atoms with van der Waals surface area (Å²) in [5.41, 5.74) is 0. The fourth-order valence-electron chi connectivity index (χ4n) is 3.24. The zero-order valence-corrected chi connectivity index (χ0v) is 18.1. The highest BCUT2D eigenvalue weighted by atomic mass is 35.5. The highest BCUT2D eigenvalue weighted by molar-refractivity contribution is 6.74. The molecule has 0 radical (unpaired) electrons. The van der Waals surface area contributed by atoms with E-state index in [-0.39, 0.29) is 5.04 Å². The minimum absolute atomic E-state index is 0.234. The molecule has 0 spiro atoms. The smallest absolute Gasteiger partial charge is 0.192 e. The van der Waals surface area contributed by atoms with Crippen LogP contribution in [0.2, 0.25) is 23.3 Å². The summed E-state index contributed by atoms with van der Waals surface area (Å²) in [6.45, 7) is 11.5. The van der Waals surface area contributed by atoms with Gasteiger partial charge in [-0.3, -0.25) is 4.98 Å². The second-order valence-corrected chi connectivity index (χ2v) is 13.9. The molecule has 0 saturated heterocycles. The Bertz CT molecular complexity index is 778. The van der Waals surface area contributed by atoms with Gasteiger partial charge in [-0.05, 0) is 49.9 Å². The molecule has 2 aromatic rings. The van der Waals surface area contributed by atoms with Crippen molar-refractivity contribution in [3.05, 3.63) is 23.6 Å². The van der Waals surface area contributed by atoms with Gasteiger partial charge in [0, 0.05) is 35.3 Å². The van der Waals surface area contributed by atoms with Crippen LogP contribution in [0.25, 0.3) is 10.8 Å². The van der Waals surface area contributed by atoms with Crippen molar-refractivity contribution >= 4 is 36.5 Å². The second-order valence-electron chi connectivity index (χ2n) is 8.77. The lowest BCUT2D eigenvalue weighted by Gasteiger charge is -2.41. The van der Waals surface area contributed by atoms with E-state index in [4.69, 9.17) is 16.0 Å². The van der Waals surface area contributed by atoms with Crippen LogP contribution in [-0.4, -0.2) is 35.6 Å². The van der Waals surface area contributed by atoms with Crippen LogP contribution in [0.15, 0.2) is 18.5 Å². The summed E-state index contributed by atoms with van der Waals surface area (Å²) >= 11 is 6.15. The zero-order chi connectivity index (χ0) is 18.9. The third-order valence-corrected chi connectivity index (χ3v) is 10.6. The van der Waals surface area contributed by atoms with Crippen LogP contribution in [0.1, 0.15) is 46.5 Å². The number of nitrogens with zero attached hydrogens (tertiary/aromatic N) is 3. The van der Waals surface area contributed by atoms with Crippen molar-refractivity contribution in [2.45, 2.75) is 76.7 Å². The molecule has 26 heavy (non-hydrogen) atoms. The van der Waals surface area contributed by atoms with Gasteiger partial charge in [-0.2, -0.15) is 0 Å². The van der Waals surface area contributed by atoms with Gasteiger partial charge < -0.3 is 9.74 Å². The van der Waals surface area contributed by atoms with Gasteiger partial charge in [-0.15, -0.1) is 10.2 Å². The highest BCUT2D eigenvalue weighted by Crippen LogP contribution is 2.39. The van der Waals surface area contributed by atoms with Crippen LogP contribution >= 0.6 is 11.6 Å². The van der Waals surface area contributed by atoms with Crippen LogP contribution in [-0.2, 0) is 4.43 Å². The highest BCUT2D eigenvalue weighted by Gasteiger charge is 2.40. The topological polar surface area (TPSA) is 59.9 Å². The van der Waals surface area contributed by atoms with Gasteiger partial charge in [0.2, 0.25) is 0 Å². The molecule has 2 aromatic heterocycles. The molecule has 0 aromatic carbocycles. The standard InChI is InChI=1S/C19H29ClN4OSi/c1-19(2,3)26(4,5)25-14-8-6-7-13(11-14)22-18-15-9-10-21-12-16(15)17(20)23-24-18/h9-10,12-14H,6-8,11H2,1-5H3,(H,22,24)/t13-,14+/m1/s1. The molecule has 2 atom stereocenters. The fraction of sp³-hybridized carbons (Fsp3) is 0.632. The Balaban J connectivity index is 1.73. The maximum Gasteiger partial charge on any atom is 0.192 e. The molecule has 1 aliphatic carbocycles. The fourth-order valence-corrected chi connectivity index (χ4v) is 4.83. The van der Waals surface area contributed by atoms with Crippen molar-refractivity contribution in [3.8, 4) is 0 Å². The lowest BCUT2D eigenvalue weighted by molar-refractivity contribution is 0.132. The van der Waals surface area contributed by atoms with E-state index in [9.17, 15) is 0 Å². The molecule has 2 heterocycles. The predicted molar refractivity (Wildman–Crippen MR) is 110 cm³/mol. The Morgan fingerprint density at radius 2 is 1.96 bits per heavy atom. The number of hydrogen-bond donors (Lipinski definition) is 1. The first-order valence-electron chi connectivity index (χ1n) is 9.37. The van der Waals surface area contributed by atoms with E-state index in [1.165, 1.54) is 0 Å². The van der Waals surface area contributed by atoms with Gasteiger partial charge in [0.05, 0.1) is 0 Å². The van der Waals surface area contributed by atoms with Gasteiger partial charge >= 0.3 is 0 Å². The maximum atomic E-state index is 6.65. The van der Waals surface area contributed by atoms with Crippen molar-refractivity contribution in [1.82, 2.24) is 15.2 Å². The Hall–Kier alpha value is -1.24. The summed E-state index contributed by atoms with van der Waals surface area (Å²) in [5, 5.41) is 14.4. The van der Waals surface area contributed by atoms with E-state index in [0.717, 1.165) is 42.3 Å². The van der Waals surface area contributed by atoms with Crippen LogP contribution in [0.4, 0.5) is 5.82 Å². The molecule has 142 valence electrons. The zero-order valence-electron chi connectivity index (χ0n) is 16.3. The number of rotatable bonds is 4. The average Bonchev–Trinajstić information content (AvgIpc) is 2.57. The van der Waals surface area contributed by atoms with E-state index in [1.807, 2.05) is 6.07 Å². The number of halogens is 1. The molecule has 0 unspecified atom stereocenters. The van der Waals surface area contributed by atoms with Crippen LogP contribution < -0.4 is 5.32 Å². The minimum atomic E-state index is -1.75. The number of anilines is 1. The van der Waals surface area contributed by atoms with Gasteiger partial charge in [0.1, 0.15) is 0 Å². The Morgan fingerprint density at radius 3 is 2.69 bits per heavy atom. The third kappa shape index (κ3) is 4.18. The largest absolute Gasteiger partial charge is 0.414 e. The van der Waals surface area contributed by atoms with E-state index < -0.39 is 8.32 Å². The second kappa shape index (κ2) is 7.41. The number of nitrogens with one attached hydrogen (secondary N) is 1. The molecule has 0 aliphatic heterocycles. The molecule has 0 amide bonds. The van der Waals surface area contributed by atoms with Crippen LogP contribution in [0.5, 0.6) is 0 Å². The summed E-state index contributed by atoms with van der Waals surface area (Å²) < 4.78 is 6.65. The maximum absolute atomic E-state index is 6.65. The first-order valence-corrected chi connectivity index (χ1v) is 12.7. The molecule has 1 saturated carbocycles. The minimum Gasteiger partial charge on any atom is -0.414 e. The predicted octanol–water partition coefficient (Wildman–Crippen LogP) is 5.42. The lowest BCUT2D eigenvalue weighted by atomic mass is 9.93. The number of pyridine rings is 1. The van der Waals surface area contributed by atoms with Crippen molar-refractivity contribution < 1.29 is 4.43 Å². The summed E-state index contributed by atoms with van der Waals surface area (Å²) in [4.78, 5) is 4.14. The van der Waals surface area contributed by atoms with Gasteiger partial charge in [0.15, 0.2) is 19.3 Å². The van der Waals surface area contributed by atoms with E-state index in [1.54, 1.807) is 12.4 Å². The average molecular weight is 393 g/mol. The summed E-state index contributed by atoms with van der Waals surface area (Å²) in [7, 11) is -1.75. The van der Waals surface area contributed by atoms with E-state index >= 15 is 0 Å². The lowest BCUT2D eigenvalue weighted by Crippen LogP contribution is -2.46. The van der Waals surface area contributed by atoms with Gasteiger partial charge in [-0.1, -0.05) is 32.4 Å². The van der Waals surface area contributed by atoms with Crippen LogP contribution in [0.3, 0.4) is 0 Å². The van der Waals surface area contributed by atoms with Crippen molar-refractivity contribution in [2.24, 2.45) is 0 Å². The monoisotopic (exact) mass is 392 g/mol. The van der Waals surface area contributed by atoms with E-state index in [0.29, 0.717) is 17.3 Å². The molecule has 1 fully saturated rings. The first kappa shape index (κ1) is 19.5. The molecular formula is C19H29ClN4OSi. The van der Waals surface area contributed by atoms with Gasteiger partial charge in [-0.25, -0.2) is 0 Å². The third-order valence-electron chi connectivity index (χ3n) is 5.77. The molecule has 1 N–H and O–H groups in total. The summed E-state index contributed by atoms with van der Waals surface area (Å²) in [5.74, 6) is 0.782. The Labute approximate surface area is 162 Å². The number of fused-ring (bicyclic) bond motifs is 1. The summed E-state index contributed by atoms with van der Waals surface area (Å²) in [6, 6.07) is 2.27. The Morgan fingerprint density at radius 1 is 1.19 bits per heavy atom. The normalized spacial score (nSPS) is 21.8. The van der Waals surface area contributed by atoms with E-state index in [2.05, 4.69) is 54.4 Å². The number of aromatic nitrogens is 3. The van der Waals surface area contributed by atoms with Gasteiger partial charge in [0.25, 0.3) is 0 Å². The van der Waals surface area contributed by atoms with Crippen molar-refractivity contribution in [3.63, 3.8) is 0 Å². The van der Waals surface area contributed by atoms with Crippen molar-refractivity contribution in [1.29, 1.82) is 0 Å². The molecule has 1 aliphatic rings. The Kier molecular flexibility index (Phi) is 5.56. The quantitative estimate of drug-likeness (QED) is 0.703. The molecule has 7 heteroatoms. The number of hydrogen-bond acceptors (Lipinski definition) is 5. The molecule has 5 nitrogen and oxygen atoms in total. The molecule has 0 bridgehead atoms. The molecule has 3 rings (SSSR count). The molecular weight excluding hydrogens is 364 g/mol. The SMILES string of the molecule is CC(C)(C)[Si](C)(C)O[C@H]1CCC[C@@H](Nc2nnc(Cl)c3cnccc23)C1. The van der Waals surface area contributed by atoms with Crippen LogP contribution in [0, 0.1) is 0 Å². The first-order chi connectivity index (χ1) is 12.2. The van der Waals surface area contributed by atoms with Crippen molar-refractivity contribution in [2.75, 3.05) is 5.32 Å². The summed E-state index contributed by atoms with van der Waals surface area (Å²) in [6.07, 6.45) is 8.24.